The van der Waals surface area contributed by atoms with Crippen LogP contribution in [0.5, 0.6) is 0 Å². The zero-order valence-corrected chi connectivity index (χ0v) is 18.5. The summed E-state index contributed by atoms with van der Waals surface area (Å²) in [5.74, 6) is 0. The van der Waals surface area contributed by atoms with Gasteiger partial charge in [0.25, 0.3) is 0 Å². The van der Waals surface area contributed by atoms with Crippen molar-refractivity contribution in [1.29, 1.82) is 0 Å². The van der Waals surface area contributed by atoms with E-state index in [1.165, 1.54) is 0 Å². The molecule has 25 heavy (non-hydrogen) atoms. The molecule has 0 aliphatic rings. The van der Waals surface area contributed by atoms with Gasteiger partial charge in [0.05, 0.1) is 6.10 Å². The highest BCUT2D eigenvalue weighted by Gasteiger charge is 2.39. The average molecular weight is 373 g/mol. The van der Waals surface area contributed by atoms with E-state index in [0.29, 0.717) is 6.42 Å². The van der Waals surface area contributed by atoms with Gasteiger partial charge in [-0.1, -0.05) is 46.3 Å². The van der Waals surface area contributed by atoms with Gasteiger partial charge in [-0.15, -0.1) is 0 Å². The lowest BCUT2D eigenvalue weighted by atomic mass is 10.1. The van der Waals surface area contributed by atoms with E-state index in [9.17, 15) is 4.79 Å². The van der Waals surface area contributed by atoms with Crippen LogP contribution in [0.2, 0.25) is 18.1 Å². The van der Waals surface area contributed by atoms with Crippen molar-refractivity contribution in [2.24, 2.45) is 0 Å². The maximum Gasteiger partial charge on any atom is 0.192 e. The number of aldehydes is 1. The summed E-state index contributed by atoms with van der Waals surface area (Å²) in [6, 6.07) is 0. The van der Waals surface area contributed by atoms with Gasteiger partial charge < -0.3 is 18.7 Å². The van der Waals surface area contributed by atoms with Crippen molar-refractivity contribution >= 4 is 14.6 Å². The molecule has 5 heteroatoms. The minimum Gasteiger partial charge on any atom is -0.414 e. The molecular weight excluding hydrogens is 332 g/mol. The fourth-order valence-electron chi connectivity index (χ4n) is 2.32. The summed E-state index contributed by atoms with van der Waals surface area (Å²) in [6.45, 7) is 13.9. The van der Waals surface area contributed by atoms with Crippen molar-refractivity contribution < 1.29 is 18.7 Å². The van der Waals surface area contributed by atoms with Crippen LogP contribution in [0.1, 0.15) is 66.2 Å². The van der Waals surface area contributed by atoms with Crippen LogP contribution in [-0.2, 0) is 18.7 Å². The third-order valence-electron chi connectivity index (χ3n) is 4.82. The van der Waals surface area contributed by atoms with Gasteiger partial charge in [-0.2, -0.15) is 0 Å². The summed E-state index contributed by atoms with van der Waals surface area (Å²) in [7, 11) is -0.163. The normalized spacial score (nSPS) is 15.5. The molecule has 0 radical (unpaired) electrons. The molecular formula is C20H40O4Si. The number of hydrogen-bond donors (Lipinski definition) is 0. The van der Waals surface area contributed by atoms with E-state index in [0.717, 1.165) is 38.4 Å². The monoisotopic (exact) mass is 372 g/mol. The van der Waals surface area contributed by atoms with E-state index in [2.05, 4.69) is 52.9 Å². The van der Waals surface area contributed by atoms with Crippen LogP contribution in [0, 0.1) is 0 Å². The van der Waals surface area contributed by atoms with Gasteiger partial charge in [-0.3, -0.25) is 0 Å². The highest BCUT2D eigenvalue weighted by atomic mass is 28.4. The fraction of sp³-hybridized carbons (Fsp3) is 0.850. The maximum absolute atomic E-state index is 10.4. The minimum absolute atomic E-state index is 0.0162. The summed E-state index contributed by atoms with van der Waals surface area (Å²) >= 11 is 0. The Morgan fingerprint density at radius 1 is 1.16 bits per heavy atom. The first-order valence-corrected chi connectivity index (χ1v) is 12.5. The summed E-state index contributed by atoms with van der Waals surface area (Å²) in [5, 5.41) is 0.201. The summed E-state index contributed by atoms with van der Waals surface area (Å²) in [4.78, 5) is 10.4. The second kappa shape index (κ2) is 12.8. The van der Waals surface area contributed by atoms with Crippen LogP contribution in [-0.4, -0.2) is 40.7 Å². The molecule has 0 fully saturated rings. The first kappa shape index (κ1) is 24.5. The van der Waals surface area contributed by atoms with E-state index in [-0.39, 0.29) is 24.0 Å². The number of rotatable bonds is 14. The Labute approximate surface area is 156 Å². The lowest BCUT2D eigenvalue weighted by Crippen LogP contribution is -2.44. The quantitative estimate of drug-likeness (QED) is 0.133. The molecule has 0 rings (SSSR count). The maximum atomic E-state index is 10.4. The summed E-state index contributed by atoms with van der Waals surface area (Å²) in [6.07, 6.45) is 10.7. The Kier molecular flexibility index (Phi) is 12.5. The Morgan fingerprint density at radius 3 is 2.36 bits per heavy atom. The molecule has 0 aromatic heterocycles. The third-order valence-corrected chi connectivity index (χ3v) is 9.35. The predicted octanol–water partition coefficient (Wildman–Crippen LogP) is 5.48. The molecule has 0 aliphatic carbocycles. The summed E-state index contributed by atoms with van der Waals surface area (Å²) in [5.41, 5.74) is 0. The van der Waals surface area contributed by atoms with Crippen LogP contribution in [0.25, 0.3) is 0 Å². The largest absolute Gasteiger partial charge is 0.414 e. The van der Waals surface area contributed by atoms with Crippen molar-refractivity contribution in [3.8, 4) is 0 Å². The molecule has 0 saturated carbocycles. The number of carbonyl (C=O) groups excluding carboxylic acids is 1. The number of ether oxygens (including phenoxy) is 2. The minimum atomic E-state index is -1.80. The van der Waals surface area contributed by atoms with Crippen LogP contribution in [0.3, 0.4) is 0 Å². The molecule has 4 nitrogen and oxygen atoms in total. The van der Waals surface area contributed by atoms with Gasteiger partial charge in [-0.05, 0) is 37.4 Å². The Bertz CT molecular complexity index is 374. The number of unbranched alkanes of at least 4 members (excludes halogenated alkanes) is 2. The molecule has 148 valence electrons. The molecule has 0 aliphatic heterocycles. The molecule has 0 saturated heterocycles. The molecule has 0 amide bonds. The van der Waals surface area contributed by atoms with E-state index in [1.807, 2.05) is 0 Å². The molecule has 0 aromatic rings. The SMILES string of the molecule is CCC[C@H](CC(/C=C/CCCC=O)OCOC)O[Si](C)(C)C(C)(C)C. The smallest absolute Gasteiger partial charge is 0.192 e. The third kappa shape index (κ3) is 11.0. The van der Waals surface area contributed by atoms with E-state index in [4.69, 9.17) is 13.9 Å². The number of allylic oxidation sites excluding steroid dienone is 1. The zero-order chi connectivity index (χ0) is 19.3. The number of hydrogen-bond acceptors (Lipinski definition) is 4. The Hall–Kier alpha value is -0.493. The van der Waals surface area contributed by atoms with Crippen LogP contribution < -0.4 is 0 Å². The second-order valence-electron chi connectivity index (χ2n) is 8.16. The highest BCUT2D eigenvalue weighted by Crippen LogP contribution is 2.38. The average Bonchev–Trinajstić information content (AvgIpc) is 2.50. The lowest BCUT2D eigenvalue weighted by molar-refractivity contribution is -0.107. The molecule has 0 bridgehead atoms. The van der Waals surface area contributed by atoms with Crippen molar-refractivity contribution in [2.75, 3.05) is 13.9 Å². The van der Waals surface area contributed by atoms with Crippen LogP contribution in [0.4, 0.5) is 0 Å². The van der Waals surface area contributed by atoms with E-state index in [1.54, 1.807) is 7.11 Å². The van der Waals surface area contributed by atoms with Crippen LogP contribution >= 0.6 is 0 Å². The van der Waals surface area contributed by atoms with Gasteiger partial charge >= 0.3 is 0 Å². The van der Waals surface area contributed by atoms with E-state index >= 15 is 0 Å². The lowest BCUT2D eigenvalue weighted by Gasteiger charge is -2.40. The second-order valence-corrected chi connectivity index (χ2v) is 12.9. The van der Waals surface area contributed by atoms with Crippen molar-refractivity contribution in [1.82, 2.24) is 0 Å². The van der Waals surface area contributed by atoms with Crippen molar-refractivity contribution in [3.05, 3.63) is 12.2 Å². The van der Waals surface area contributed by atoms with Gasteiger partial charge in [0.15, 0.2) is 8.32 Å². The molecule has 0 spiro atoms. The standard InChI is InChI=1S/C20H40O4Si/c1-8-13-19(24-25(6,7)20(2,3)4)16-18(23-17-22-5)14-11-9-10-12-15-21/h11,14-15,18-19H,8-10,12-13,16-17H2,1-7H3/b14-11+/t18?,19-/m1/s1. The van der Waals surface area contributed by atoms with Gasteiger partial charge in [0, 0.05) is 26.1 Å². The Balaban J connectivity index is 4.87. The number of carbonyl (C=O) groups is 1. The zero-order valence-electron chi connectivity index (χ0n) is 17.5. The van der Waals surface area contributed by atoms with E-state index < -0.39 is 8.32 Å². The van der Waals surface area contributed by atoms with Gasteiger partial charge in [0.2, 0.25) is 0 Å². The van der Waals surface area contributed by atoms with Gasteiger partial charge in [-0.25, -0.2) is 0 Å². The molecule has 0 heterocycles. The van der Waals surface area contributed by atoms with Crippen molar-refractivity contribution in [3.63, 3.8) is 0 Å². The summed E-state index contributed by atoms with van der Waals surface area (Å²) < 4.78 is 17.5. The molecule has 2 atom stereocenters. The highest BCUT2D eigenvalue weighted by molar-refractivity contribution is 6.74. The van der Waals surface area contributed by atoms with Crippen LogP contribution in [0.15, 0.2) is 12.2 Å². The fourth-order valence-corrected chi connectivity index (χ4v) is 3.73. The van der Waals surface area contributed by atoms with Gasteiger partial charge in [0.1, 0.15) is 13.1 Å². The van der Waals surface area contributed by atoms with Crippen molar-refractivity contribution in [2.45, 2.75) is 96.6 Å². The molecule has 0 aromatic carbocycles. The number of methoxy groups -OCH3 is 1. The predicted molar refractivity (Wildman–Crippen MR) is 107 cm³/mol. The Morgan fingerprint density at radius 2 is 1.84 bits per heavy atom. The first-order valence-electron chi connectivity index (χ1n) is 9.56. The molecule has 0 N–H and O–H groups in total. The topological polar surface area (TPSA) is 44.8 Å². The molecule has 1 unspecified atom stereocenters. The first-order chi connectivity index (χ1) is 11.7.